The maximum absolute atomic E-state index is 11.2. The second-order valence-electron chi connectivity index (χ2n) is 3.93. The Labute approximate surface area is 106 Å². The number of carboxylic acid groups (broad SMARTS) is 1. The monoisotopic (exact) mass is 242 g/mol. The second kappa shape index (κ2) is 5.87. The van der Waals surface area contributed by atoms with E-state index in [0.29, 0.717) is 5.75 Å². The van der Waals surface area contributed by atoms with Crippen molar-refractivity contribution in [3.8, 4) is 5.75 Å². The quantitative estimate of drug-likeness (QED) is 0.876. The Morgan fingerprint density at radius 2 is 1.56 bits per heavy atom. The lowest BCUT2D eigenvalue weighted by Crippen LogP contribution is -2.19. The highest BCUT2D eigenvalue weighted by Crippen LogP contribution is 2.18. The molecule has 0 radical (unpaired) electrons. The molecule has 92 valence electrons. The van der Waals surface area contributed by atoms with E-state index in [1.54, 1.807) is 12.1 Å². The van der Waals surface area contributed by atoms with E-state index < -0.39 is 11.9 Å². The van der Waals surface area contributed by atoms with Crippen LogP contribution in [0.1, 0.15) is 11.5 Å². The van der Waals surface area contributed by atoms with E-state index >= 15 is 0 Å². The Morgan fingerprint density at radius 1 is 1.00 bits per heavy atom. The predicted molar refractivity (Wildman–Crippen MR) is 68.8 cm³/mol. The third kappa shape index (κ3) is 3.10. The number of para-hydroxylation sites is 1. The molecule has 0 aromatic heterocycles. The fourth-order valence-corrected chi connectivity index (χ4v) is 1.69. The number of rotatable bonds is 5. The van der Waals surface area contributed by atoms with Crippen molar-refractivity contribution in [1.82, 2.24) is 0 Å². The van der Waals surface area contributed by atoms with Crippen LogP contribution in [0.2, 0.25) is 0 Å². The maximum atomic E-state index is 11.2. The van der Waals surface area contributed by atoms with Gasteiger partial charge in [0.15, 0.2) is 0 Å². The van der Waals surface area contributed by atoms with Gasteiger partial charge in [0.25, 0.3) is 0 Å². The van der Waals surface area contributed by atoms with Crippen molar-refractivity contribution in [2.75, 3.05) is 6.61 Å². The first kappa shape index (κ1) is 12.2. The number of hydrogen-bond donors (Lipinski definition) is 1. The van der Waals surface area contributed by atoms with Crippen LogP contribution in [0.3, 0.4) is 0 Å². The molecular formula is C15H14O3. The molecule has 3 nitrogen and oxygen atoms in total. The number of aliphatic carboxylic acids is 1. The van der Waals surface area contributed by atoms with Crippen molar-refractivity contribution in [2.24, 2.45) is 0 Å². The number of benzene rings is 2. The zero-order valence-electron chi connectivity index (χ0n) is 9.82. The Hall–Kier alpha value is -2.29. The molecular weight excluding hydrogens is 228 g/mol. The van der Waals surface area contributed by atoms with Gasteiger partial charge in [-0.1, -0.05) is 48.5 Å². The van der Waals surface area contributed by atoms with E-state index in [2.05, 4.69) is 0 Å². The molecule has 0 saturated carbocycles. The number of ether oxygens (including phenoxy) is 1. The van der Waals surface area contributed by atoms with Gasteiger partial charge in [0.2, 0.25) is 0 Å². The number of carbonyl (C=O) groups is 1. The van der Waals surface area contributed by atoms with Crippen LogP contribution in [0.4, 0.5) is 0 Å². The summed E-state index contributed by atoms with van der Waals surface area (Å²) in [5.41, 5.74) is 0.751. The van der Waals surface area contributed by atoms with Gasteiger partial charge >= 0.3 is 5.97 Å². The standard InChI is InChI=1S/C15H14O3/c16-15(17)14(12-7-3-1-4-8-12)11-18-13-9-5-2-6-10-13/h1-10,14H,11H2,(H,16,17). The molecule has 0 fully saturated rings. The third-order valence-electron chi connectivity index (χ3n) is 2.66. The van der Waals surface area contributed by atoms with E-state index in [9.17, 15) is 9.90 Å². The molecule has 3 heteroatoms. The average Bonchev–Trinajstić information content (AvgIpc) is 2.41. The summed E-state index contributed by atoms with van der Waals surface area (Å²) in [7, 11) is 0. The van der Waals surface area contributed by atoms with E-state index in [4.69, 9.17) is 4.74 Å². The SMILES string of the molecule is O=C(O)C(COc1ccccc1)c1ccccc1. The zero-order valence-corrected chi connectivity index (χ0v) is 9.82. The molecule has 18 heavy (non-hydrogen) atoms. The van der Waals surface area contributed by atoms with Gasteiger partial charge in [0, 0.05) is 0 Å². The molecule has 1 atom stereocenters. The van der Waals surface area contributed by atoms with Crippen LogP contribution in [-0.2, 0) is 4.79 Å². The van der Waals surface area contributed by atoms with Gasteiger partial charge in [-0.05, 0) is 17.7 Å². The maximum Gasteiger partial charge on any atom is 0.314 e. The molecule has 0 spiro atoms. The van der Waals surface area contributed by atoms with Crippen LogP contribution in [-0.4, -0.2) is 17.7 Å². The van der Waals surface area contributed by atoms with Gasteiger partial charge in [-0.2, -0.15) is 0 Å². The molecule has 2 aromatic rings. The van der Waals surface area contributed by atoms with Crippen molar-refractivity contribution in [3.05, 3.63) is 66.2 Å². The minimum Gasteiger partial charge on any atom is -0.492 e. The Kier molecular flexibility index (Phi) is 3.97. The number of carboxylic acids is 1. The van der Waals surface area contributed by atoms with Crippen LogP contribution < -0.4 is 4.74 Å². The highest BCUT2D eigenvalue weighted by Gasteiger charge is 2.20. The topological polar surface area (TPSA) is 46.5 Å². The summed E-state index contributed by atoms with van der Waals surface area (Å²) >= 11 is 0. The Morgan fingerprint density at radius 3 is 2.11 bits per heavy atom. The highest BCUT2D eigenvalue weighted by atomic mass is 16.5. The van der Waals surface area contributed by atoms with Crippen molar-refractivity contribution < 1.29 is 14.6 Å². The van der Waals surface area contributed by atoms with Gasteiger partial charge in [-0.3, -0.25) is 4.79 Å². The first-order valence-corrected chi connectivity index (χ1v) is 5.73. The Balaban J connectivity index is 2.06. The van der Waals surface area contributed by atoms with Gasteiger partial charge in [-0.25, -0.2) is 0 Å². The molecule has 0 bridgehead atoms. The lowest BCUT2D eigenvalue weighted by Gasteiger charge is -2.14. The third-order valence-corrected chi connectivity index (χ3v) is 2.66. The summed E-state index contributed by atoms with van der Waals surface area (Å²) in [6, 6.07) is 18.3. The van der Waals surface area contributed by atoms with Crippen LogP contribution in [0, 0.1) is 0 Å². The van der Waals surface area contributed by atoms with Crippen LogP contribution >= 0.6 is 0 Å². The lowest BCUT2D eigenvalue weighted by atomic mass is 10.0. The average molecular weight is 242 g/mol. The highest BCUT2D eigenvalue weighted by molar-refractivity contribution is 5.76. The molecule has 0 aliphatic heterocycles. The van der Waals surface area contributed by atoms with Crippen molar-refractivity contribution in [2.45, 2.75) is 5.92 Å². The van der Waals surface area contributed by atoms with Crippen molar-refractivity contribution in [3.63, 3.8) is 0 Å². The predicted octanol–water partition coefficient (Wildman–Crippen LogP) is 2.93. The molecule has 1 N–H and O–H groups in total. The molecule has 2 aromatic carbocycles. The largest absolute Gasteiger partial charge is 0.492 e. The minimum atomic E-state index is -0.878. The molecule has 1 unspecified atom stereocenters. The van der Waals surface area contributed by atoms with Crippen molar-refractivity contribution >= 4 is 5.97 Å². The van der Waals surface area contributed by atoms with Gasteiger partial charge in [0.1, 0.15) is 18.3 Å². The minimum absolute atomic E-state index is 0.128. The second-order valence-corrected chi connectivity index (χ2v) is 3.93. The molecule has 2 rings (SSSR count). The molecule has 0 heterocycles. The molecule has 0 aliphatic rings. The summed E-state index contributed by atoms with van der Waals surface area (Å²) in [6.07, 6.45) is 0. The summed E-state index contributed by atoms with van der Waals surface area (Å²) in [5.74, 6) is -0.844. The van der Waals surface area contributed by atoms with E-state index in [1.807, 2.05) is 48.5 Å². The fourth-order valence-electron chi connectivity index (χ4n) is 1.69. The van der Waals surface area contributed by atoms with E-state index in [0.717, 1.165) is 5.56 Å². The Bertz CT molecular complexity index is 494. The zero-order chi connectivity index (χ0) is 12.8. The van der Waals surface area contributed by atoms with Crippen molar-refractivity contribution in [1.29, 1.82) is 0 Å². The lowest BCUT2D eigenvalue weighted by molar-refractivity contribution is -0.139. The first-order valence-electron chi connectivity index (χ1n) is 5.73. The van der Waals surface area contributed by atoms with Gasteiger partial charge in [0.05, 0.1) is 0 Å². The summed E-state index contributed by atoms with van der Waals surface area (Å²) in [6.45, 7) is 0.128. The molecule has 0 amide bonds. The van der Waals surface area contributed by atoms with Crippen LogP contribution in [0.5, 0.6) is 5.75 Å². The molecule has 0 aliphatic carbocycles. The van der Waals surface area contributed by atoms with E-state index in [1.165, 1.54) is 0 Å². The van der Waals surface area contributed by atoms with Gasteiger partial charge in [-0.15, -0.1) is 0 Å². The fraction of sp³-hybridized carbons (Fsp3) is 0.133. The van der Waals surface area contributed by atoms with E-state index in [-0.39, 0.29) is 6.61 Å². The van der Waals surface area contributed by atoms with Crippen LogP contribution in [0.25, 0.3) is 0 Å². The molecule has 0 saturated heterocycles. The summed E-state index contributed by atoms with van der Waals surface area (Å²) in [4.78, 5) is 11.2. The first-order chi connectivity index (χ1) is 8.77. The summed E-state index contributed by atoms with van der Waals surface area (Å²) < 4.78 is 5.50. The normalized spacial score (nSPS) is 11.8. The summed E-state index contributed by atoms with van der Waals surface area (Å²) in [5, 5.41) is 9.22. The van der Waals surface area contributed by atoms with Crippen LogP contribution in [0.15, 0.2) is 60.7 Å². The van der Waals surface area contributed by atoms with Gasteiger partial charge < -0.3 is 9.84 Å². The number of hydrogen-bond acceptors (Lipinski definition) is 2. The smallest absolute Gasteiger partial charge is 0.314 e.